The number of carbonyl (C=O) groups excluding carboxylic acids is 2. The first kappa shape index (κ1) is 12.2. The molecule has 0 aliphatic heterocycles. The maximum absolute atomic E-state index is 10.9. The number of aliphatic hydroxyl groups is 3. The molecule has 6 heteroatoms. The second-order valence-electron chi connectivity index (χ2n) is 2.50. The van der Waals surface area contributed by atoms with Crippen molar-refractivity contribution in [2.24, 2.45) is 0 Å². The Bertz CT molecular complexity index is 193. The molecular weight excluding hydrogens is 178 g/mol. The monoisotopic (exact) mass is 191 g/mol. The Morgan fingerprint density at radius 3 is 2.08 bits per heavy atom. The molecule has 0 aromatic heterocycles. The average molecular weight is 191 g/mol. The highest BCUT2D eigenvalue weighted by atomic mass is 16.3. The number of hydrogen-bond acceptors (Lipinski definition) is 6. The van der Waals surface area contributed by atoms with Crippen LogP contribution in [0.4, 0.5) is 0 Å². The summed E-state index contributed by atoms with van der Waals surface area (Å²) in [5.74, 6) is -2.28. The first-order chi connectivity index (χ1) is 6.04. The van der Waals surface area contributed by atoms with E-state index in [-0.39, 0.29) is 6.54 Å². The van der Waals surface area contributed by atoms with E-state index in [9.17, 15) is 9.59 Å². The number of ketones is 2. The molecule has 6 nitrogen and oxygen atoms in total. The lowest BCUT2D eigenvalue weighted by Crippen LogP contribution is -2.41. The van der Waals surface area contributed by atoms with E-state index >= 15 is 0 Å². The second kappa shape index (κ2) is 5.76. The van der Waals surface area contributed by atoms with E-state index in [1.165, 1.54) is 7.05 Å². The molecule has 0 rings (SSSR count). The van der Waals surface area contributed by atoms with E-state index < -0.39 is 30.4 Å². The van der Waals surface area contributed by atoms with Gasteiger partial charge >= 0.3 is 0 Å². The molecule has 0 saturated heterocycles. The third-order valence-electron chi connectivity index (χ3n) is 1.42. The predicted octanol–water partition coefficient (Wildman–Crippen LogP) is -2.94. The number of aliphatic hydroxyl groups excluding tert-OH is 3. The van der Waals surface area contributed by atoms with Gasteiger partial charge in [0, 0.05) is 6.54 Å². The summed E-state index contributed by atoms with van der Waals surface area (Å²) in [5.41, 5.74) is 0. The van der Waals surface area contributed by atoms with Gasteiger partial charge in [-0.15, -0.1) is 0 Å². The quantitative estimate of drug-likeness (QED) is 0.335. The van der Waals surface area contributed by atoms with Gasteiger partial charge in [0.05, 0.1) is 6.61 Å². The van der Waals surface area contributed by atoms with Gasteiger partial charge < -0.3 is 20.6 Å². The van der Waals surface area contributed by atoms with Crippen LogP contribution in [0, 0.1) is 0 Å². The summed E-state index contributed by atoms with van der Waals surface area (Å²) in [6.45, 7) is -0.889. The molecule has 2 atom stereocenters. The molecule has 0 aliphatic rings. The third-order valence-corrected chi connectivity index (χ3v) is 1.42. The topological polar surface area (TPSA) is 107 Å². The van der Waals surface area contributed by atoms with E-state index in [4.69, 9.17) is 15.3 Å². The normalized spacial score (nSPS) is 15.1. The van der Waals surface area contributed by atoms with Crippen LogP contribution in [0.2, 0.25) is 0 Å². The second-order valence-corrected chi connectivity index (χ2v) is 2.50. The first-order valence-corrected chi connectivity index (χ1v) is 3.74. The van der Waals surface area contributed by atoms with Crippen molar-refractivity contribution in [2.45, 2.75) is 12.2 Å². The lowest BCUT2D eigenvalue weighted by atomic mass is 10.1. The van der Waals surface area contributed by atoms with Crippen molar-refractivity contribution < 1.29 is 24.9 Å². The predicted molar refractivity (Wildman–Crippen MR) is 43.0 cm³/mol. The molecule has 13 heavy (non-hydrogen) atoms. The SMILES string of the molecule is CNCC(O)C(=O)C(=O)C(O)CO. The molecule has 2 unspecified atom stereocenters. The molecule has 76 valence electrons. The van der Waals surface area contributed by atoms with Crippen molar-refractivity contribution >= 4 is 11.6 Å². The Hall–Kier alpha value is -0.820. The van der Waals surface area contributed by atoms with Crippen LogP contribution in [-0.4, -0.2) is 59.3 Å². The van der Waals surface area contributed by atoms with Crippen molar-refractivity contribution in [1.82, 2.24) is 5.32 Å². The summed E-state index contributed by atoms with van der Waals surface area (Å²) >= 11 is 0. The maximum atomic E-state index is 10.9. The molecule has 0 aromatic carbocycles. The molecule has 0 radical (unpaired) electrons. The van der Waals surface area contributed by atoms with E-state index in [0.29, 0.717) is 0 Å². The average Bonchev–Trinajstić information content (AvgIpc) is 2.14. The zero-order chi connectivity index (χ0) is 10.4. The number of nitrogens with one attached hydrogen (secondary N) is 1. The summed E-state index contributed by atoms with van der Waals surface area (Å²) in [5, 5.41) is 28.6. The number of Topliss-reactive ketones (excluding diaryl/α,β-unsaturated/α-hetero) is 2. The molecule has 0 fully saturated rings. The van der Waals surface area contributed by atoms with Gasteiger partial charge in [-0.2, -0.15) is 0 Å². The van der Waals surface area contributed by atoms with Gasteiger partial charge in [0.15, 0.2) is 0 Å². The summed E-state index contributed by atoms with van der Waals surface area (Å²) in [4.78, 5) is 21.8. The van der Waals surface area contributed by atoms with Crippen LogP contribution in [0.15, 0.2) is 0 Å². The van der Waals surface area contributed by atoms with Crippen LogP contribution in [-0.2, 0) is 9.59 Å². The minimum atomic E-state index is -1.74. The van der Waals surface area contributed by atoms with Gasteiger partial charge in [-0.3, -0.25) is 9.59 Å². The number of carbonyl (C=O) groups is 2. The van der Waals surface area contributed by atoms with Crippen molar-refractivity contribution in [3.8, 4) is 0 Å². The van der Waals surface area contributed by atoms with E-state index in [2.05, 4.69) is 5.32 Å². The lowest BCUT2D eigenvalue weighted by Gasteiger charge is -2.09. The smallest absolute Gasteiger partial charge is 0.231 e. The van der Waals surface area contributed by atoms with Crippen LogP contribution in [0.5, 0.6) is 0 Å². The number of rotatable bonds is 6. The van der Waals surface area contributed by atoms with Gasteiger partial charge in [-0.1, -0.05) is 0 Å². The lowest BCUT2D eigenvalue weighted by molar-refractivity contribution is -0.147. The van der Waals surface area contributed by atoms with Crippen LogP contribution in [0.1, 0.15) is 0 Å². The van der Waals surface area contributed by atoms with Crippen molar-refractivity contribution in [1.29, 1.82) is 0 Å². The standard InChI is InChI=1S/C7H13NO5/c1-8-2-4(10)6(12)7(13)5(11)3-9/h4-5,8-11H,2-3H2,1H3. The third kappa shape index (κ3) is 3.60. The van der Waals surface area contributed by atoms with Gasteiger partial charge in [0.25, 0.3) is 0 Å². The maximum Gasteiger partial charge on any atom is 0.231 e. The molecule has 0 saturated carbocycles. The Morgan fingerprint density at radius 1 is 1.23 bits per heavy atom. The molecule has 0 aliphatic carbocycles. The summed E-state index contributed by atoms with van der Waals surface area (Å²) in [7, 11) is 1.50. The number of likely N-dealkylation sites (N-methyl/N-ethyl adjacent to an activating group) is 1. The van der Waals surface area contributed by atoms with Gasteiger partial charge in [-0.05, 0) is 7.05 Å². The Labute approximate surface area is 75.2 Å². The fraction of sp³-hybridized carbons (Fsp3) is 0.714. The van der Waals surface area contributed by atoms with Crippen molar-refractivity contribution in [2.75, 3.05) is 20.2 Å². The van der Waals surface area contributed by atoms with Gasteiger partial charge in [-0.25, -0.2) is 0 Å². The zero-order valence-electron chi connectivity index (χ0n) is 7.23. The minimum Gasteiger partial charge on any atom is -0.393 e. The fourth-order valence-electron chi connectivity index (χ4n) is 0.697. The molecule has 0 heterocycles. The van der Waals surface area contributed by atoms with E-state index in [0.717, 1.165) is 0 Å². The highest BCUT2D eigenvalue weighted by Gasteiger charge is 2.27. The van der Waals surface area contributed by atoms with Crippen LogP contribution >= 0.6 is 0 Å². The fourth-order valence-corrected chi connectivity index (χ4v) is 0.697. The molecule has 0 amide bonds. The largest absolute Gasteiger partial charge is 0.393 e. The molecule has 0 spiro atoms. The van der Waals surface area contributed by atoms with Gasteiger partial charge in [0.2, 0.25) is 11.6 Å². The molecular formula is C7H13NO5. The molecule has 0 bridgehead atoms. The first-order valence-electron chi connectivity index (χ1n) is 3.74. The van der Waals surface area contributed by atoms with Crippen molar-refractivity contribution in [3.63, 3.8) is 0 Å². The number of hydrogen-bond donors (Lipinski definition) is 4. The minimum absolute atomic E-state index is 0.0667. The highest BCUT2D eigenvalue weighted by Crippen LogP contribution is 1.92. The summed E-state index contributed by atoms with van der Waals surface area (Å²) in [6, 6.07) is 0. The molecule has 4 N–H and O–H groups in total. The summed E-state index contributed by atoms with van der Waals surface area (Å²) < 4.78 is 0. The zero-order valence-corrected chi connectivity index (χ0v) is 7.23. The Kier molecular flexibility index (Phi) is 5.40. The molecule has 0 aromatic rings. The van der Waals surface area contributed by atoms with Crippen molar-refractivity contribution in [3.05, 3.63) is 0 Å². The van der Waals surface area contributed by atoms with Crippen LogP contribution in [0.3, 0.4) is 0 Å². The Balaban J connectivity index is 4.17. The van der Waals surface area contributed by atoms with Crippen LogP contribution in [0.25, 0.3) is 0 Å². The van der Waals surface area contributed by atoms with Gasteiger partial charge in [0.1, 0.15) is 12.2 Å². The van der Waals surface area contributed by atoms with E-state index in [1.54, 1.807) is 0 Å². The Morgan fingerprint density at radius 2 is 1.69 bits per heavy atom. The highest BCUT2D eigenvalue weighted by molar-refractivity contribution is 6.40. The van der Waals surface area contributed by atoms with E-state index in [1.807, 2.05) is 0 Å². The van der Waals surface area contributed by atoms with Crippen LogP contribution < -0.4 is 5.32 Å². The summed E-state index contributed by atoms with van der Waals surface area (Å²) in [6.07, 6.45) is -3.21.